The summed E-state index contributed by atoms with van der Waals surface area (Å²) in [7, 11) is 0. The number of nitrogens with two attached hydrogens (primary N) is 1. The minimum Gasteiger partial charge on any atom is -1.00 e. The van der Waals surface area contributed by atoms with E-state index < -0.39 is 5.97 Å². The Morgan fingerprint density at radius 2 is 1.60 bits per heavy atom. The predicted molar refractivity (Wildman–Crippen MR) is 74.3 cm³/mol. The average Bonchev–Trinajstić information content (AvgIpc) is 2.11. The van der Waals surface area contributed by atoms with Gasteiger partial charge in [0.25, 0.3) is 0 Å². The molecule has 6 heteroatoms. The monoisotopic (exact) mass is 443 g/mol. The quantitative estimate of drug-likeness (QED) is 0.476. The van der Waals surface area contributed by atoms with Gasteiger partial charge in [-0.2, -0.15) is 0 Å². The Bertz CT molecular complexity index is 264. The van der Waals surface area contributed by atoms with Crippen molar-refractivity contribution in [2.75, 3.05) is 6.54 Å². The normalized spacial score (nSPS) is 8.20. The summed E-state index contributed by atoms with van der Waals surface area (Å²) in [6.45, 7) is 0.231. The van der Waals surface area contributed by atoms with Crippen LogP contribution in [0, 0.1) is 7.14 Å². The van der Waals surface area contributed by atoms with Crippen LogP contribution in [0.1, 0.15) is 7.85 Å². The fraction of sp³-hybridized carbons (Fsp3) is 0.222. The van der Waals surface area contributed by atoms with Crippen LogP contribution in [0.4, 0.5) is 0 Å². The summed E-state index contributed by atoms with van der Waals surface area (Å²) in [5.74, 6) is -0.836. The van der Waals surface area contributed by atoms with E-state index in [9.17, 15) is 4.79 Å². The van der Waals surface area contributed by atoms with E-state index in [-0.39, 0.29) is 43.9 Å². The van der Waals surface area contributed by atoms with Gasteiger partial charge in [0.1, 0.15) is 0 Å². The van der Waals surface area contributed by atoms with Crippen molar-refractivity contribution in [1.29, 1.82) is 0 Å². The van der Waals surface area contributed by atoms with Gasteiger partial charge in [0.05, 0.1) is 6.42 Å². The minimum absolute atomic E-state index is 0. The molecule has 0 radical (unpaired) electrons. The first-order valence-corrected chi connectivity index (χ1v) is 6.05. The second kappa shape index (κ2) is 11.6. The van der Waals surface area contributed by atoms with Gasteiger partial charge in [0, 0.05) is 13.7 Å². The molecule has 0 unspecified atom stereocenters. The van der Waals surface area contributed by atoms with E-state index in [4.69, 9.17) is 10.8 Å². The zero-order chi connectivity index (χ0) is 11.0. The van der Waals surface area contributed by atoms with Crippen LogP contribution in [0.5, 0.6) is 0 Å². The Hall–Kier alpha value is 1.11. The molecule has 1 rings (SSSR count). The number of carbonyl (C=O) groups is 1. The molecule has 3 nitrogen and oxygen atoms in total. The van der Waals surface area contributed by atoms with Gasteiger partial charge >= 0.3 is 35.5 Å². The molecule has 0 saturated carbocycles. The van der Waals surface area contributed by atoms with Crippen molar-refractivity contribution in [2.24, 2.45) is 5.73 Å². The third kappa shape index (κ3) is 13.0. The van der Waals surface area contributed by atoms with Gasteiger partial charge in [0.15, 0.2) is 0 Å². The first-order valence-electron chi connectivity index (χ1n) is 3.89. The SMILES string of the molecule is Ic1ccc(I)cc1.NCCC(=O)O.[H-].[Na+]. The van der Waals surface area contributed by atoms with Crippen LogP contribution < -0.4 is 35.3 Å². The van der Waals surface area contributed by atoms with Crippen molar-refractivity contribution in [3.63, 3.8) is 0 Å². The Morgan fingerprint density at radius 3 is 1.73 bits per heavy atom. The van der Waals surface area contributed by atoms with Gasteiger partial charge in [-0.1, -0.05) is 0 Å². The smallest absolute Gasteiger partial charge is 1.00 e. The summed E-state index contributed by atoms with van der Waals surface area (Å²) >= 11 is 4.59. The average molecular weight is 443 g/mol. The molecule has 0 heterocycles. The largest absolute Gasteiger partial charge is 1.00 e. The van der Waals surface area contributed by atoms with E-state index in [2.05, 4.69) is 69.4 Å². The number of benzene rings is 1. The molecule has 0 amide bonds. The van der Waals surface area contributed by atoms with E-state index in [0.29, 0.717) is 0 Å². The summed E-state index contributed by atoms with van der Waals surface area (Å²) in [4.78, 5) is 9.52. The van der Waals surface area contributed by atoms with Gasteiger partial charge < -0.3 is 12.3 Å². The third-order valence-corrected chi connectivity index (χ3v) is 2.60. The second-order valence-electron chi connectivity index (χ2n) is 2.37. The van der Waals surface area contributed by atoms with Crippen LogP contribution in [-0.2, 0) is 4.79 Å². The van der Waals surface area contributed by atoms with Gasteiger partial charge in [-0.25, -0.2) is 0 Å². The van der Waals surface area contributed by atoms with E-state index in [1.807, 2.05) is 0 Å². The van der Waals surface area contributed by atoms with E-state index >= 15 is 0 Å². The van der Waals surface area contributed by atoms with Crippen LogP contribution in [0.25, 0.3) is 0 Å². The van der Waals surface area contributed by atoms with Crippen molar-refractivity contribution in [1.82, 2.24) is 0 Å². The molecule has 80 valence electrons. The van der Waals surface area contributed by atoms with Crippen LogP contribution >= 0.6 is 45.2 Å². The second-order valence-corrected chi connectivity index (χ2v) is 4.86. The standard InChI is InChI=1S/C6H4I2.C3H7NO2.Na.H/c7-5-1-2-6(8)4-3-5;4-2-1-3(5)6;;/h1-4H;1-2,4H2,(H,5,6);;/q;;+1;-1. The van der Waals surface area contributed by atoms with E-state index in [1.165, 1.54) is 7.14 Å². The number of carboxylic acids is 1. The van der Waals surface area contributed by atoms with Crippen molar-refractivity contribution in [3.8, 4) is 0 Å². The summed E-state index contributed by atoms with van der Waals surface area (Å²) < 4.78 is 2.59. The Morgan fingerprint density at radius 1 is 1.27 bits per heavy atom. The molecule has 0 aliphatic rings. The number of aliphatic carboxylic acids is 1. The molecule has 0 spiro atoms. The molecular weight excluding hydrogens is 431 g/mol. The maximum absolute atomic E-state index is 9.52. The molecule has 15 heavy (non-hydrogen) atoms. The van der Waals surface area contributed by atoms with Crippen molar-refractivity contribution < 1.29 is 40.9 Å². The molecule has 0 atom stereocenters. The Kier molecular flexibility index (Phi) is 14.3. The van der Waals surface area contributed by atoms with Gasteiger partial charge in [-0.05, 0) is 69.4 Å². The zero-order valence-corrected chi connectivity index (χ0v) is 14.7. The molecule has 3 N–H and O–H groups in total. The van der Waals surface area contributed by atoms with Gasteiger partial charge in [0.2, 0.25) is 0 Å². The topological polar surface area (TPSA) is 63.3 Å². The summed E-state index contributed by atoms with van der Waals surface area (Å²) in [5.41, 5.74) is 4.85. The maximum Gasteiger partial charge on any atom is 1.00 e. The third-order valence-electron chi connectivity index (χ3n) is 1.16. The first-order chi connectivity index (χ1) is 6.56. The van der Waals surface area contributed by atoms with Gasteiger partial charge in [-0.15, -0.1) is 0 Å². The number of carboxylic acid groups (broad SMARTS) is 1. The Balaban J connectivity index is -0.000000195. The number of halogens is 2. The summed E-state index contributed by atoms with van der Waals surface area (Å²) in [6, 6.07) is 8.40. The molecule has 0 bridgehead atoms. The number of rotatable bonds is 2. The fourth-order valence-electron chi connectivity index (χ4n) is 0.553. The molecule has 1 aromatic rings. The molecular formula is C9H12I2NNaO2. The predicted octanol–water partition coefficient (Wildman–Crippen LogP) is -0.568. The molecule has 1 aromatic carbocycles. The van der Waals surface area contributed by atoms with Crippen LogP contribution in [0.2, 0.25) is 0 Å². The molecule has 0 aliphatic heterocycles. The zero-order valence-electron chi connectivity index (χ0n) is 9.41. The summed E-state index contributed by atoms with van der Waals surface area (Å²) in [6.07, 6.45) is 0.0694. The maximum atomic E-state index is 9.52. The van der Waals surface area contributed by atoms with Crippen molar-refractivity contribution >= 4 is 51.2 Å². The molecule has 0 aliphatic carbocycles. The van der Waals surface area contributed by atoms with Crippen LogP contribution in [0.3, 0.4) is 0 Å². The number of hydrogen-bond donors (Lipinski definition) is 2. The fourth-order valence-corrected chi connectivity index (χ4v) is 1.27. The Labute approximate surface area is 140 Å². The molecule has 0 saturated heterocycles. The van der Waals surface area contributed by atoms with Crippen LogP contribution in [-0.4, -0.2) is 17.6 Å². The number of hydrogen-bond acceptors (Lipinski definition) is 2. The van der Waals surface area contributed by atoms with E-state index in [0.717, 1.165) is 0 Å². The van der Waals surface area contributed by atoms with Crippen molar-refractivity contribution in [2.45, 2.75) is 6.42 Å². The molecule has 0 aromatic heterocycles. The molecule has 0 fully saturated rings. The van der Waals surface area contributed by atoms with E-state index in [1.54, 1.807) is 0 Å². The first kappa shape index (κ1) is 18.5. The van der Waals surface area contributed by atoms with Gasteiger partial charge in [-0.3, -0.25) is 4.79 Å². The summed E-state index contributed by atoms with van der Waals surface area (Å²) in [5, 5.41) is 7.83. The minimum atomic E-state index is -0.836. The van der Waals surface area contributed by atoms with Crippen molar-refractivity contribution in [3.05, 3.63) is 31.4 Å². The van der Waals surface area contributed by atoms with Crippen LogP contribution in [0.15, 0.2) is 24.3 Å².